The number of rotatable bonds is 9. The zero-order valence-corrected chi connectivity index (χ0v) is 19.7. The average Bonchev–Trinajstić information content (AvgIpc) is 3.54. The second-order valence-electron chi connectivity index (χ2n) is 10.5. The standard InChI is InChI=1S/C25H40N4O2/c1-25(2,11-6-12-31-4)23-14-20-24(29(23)3)28-21(15-26-20)19-8-5-7-18(13-17-9-10-17)22(16-30)27-19/h14-15,17-19,22,27,30H,5-13,16H2,1-4H3/t18-,19+,22-/m0/s1. The molecule has 0 radical (unpaired) electrons. The first-order valence-corrected chi connectivity index (χ1v) is 12.1. The molecule has 4 rings (SSSR count). The molecule has 1 aliphatic carbocycles. The maximum atomic E-state index is 10.1. The van der Waals surface area contributed by atoms with Crippen molar-refractivity contribution < 1.29 is 9.84 Å². The first-order valence-electron chi connectivity index (χ1n) is 12.1. The van der Waals surface area contributed by atoms with Gasteiger partial charge in [0.2, 0.25) is 0 Å². The Balaban J connectivity index is 1.55. The maximum absolute atomic E-state index is 10.1. The normalized spacial score (nSPS) is 25.1. The van der Waals surface area contributed by atoms with Gasteiger partial charge in [-0.3, -0.25) is 4.98 Å². The van der Waals surface area contributed by atoms with Gasteiger partial charge in [0, 0.05) is 37.9 Å². The summed E-state index contributed by atoms with van der Waals surface area (Å²) in [5.74, 6) is 1.47. The molecule has 6 nitrogen and oxygen atoms in total. The van der Waals surface area contributed by atoms with Crippen molar-refractivity contribution >= 4 is 11.2 Å². The molecule has 2 fully saturated rings. The molecule has 0 aromatic carbocycles. The van der Waals surface area contributed by atoms with Crippen LogP contribution in [0.25, 0.3) is 11.2 Å². The fraction of sp³-hybridized carbons (Fsp3) is 0.760. The van der Waals surface area contributed by atoms with Crippen LogP contribution in [0.5, 0.6) is 0 Å². The number of aliphatic hydroxyl groups is 1. The van der Waals surface area contributed by atoms with Crippen molar-refractivity contribution in [1.82, 2.24) is 19.9 Å². The number of nitrogens with zero attached hydrogens (tertiary/aromatic N) is 3. The SMILES string of the molecule is COCCCC(C)(C)c1cc2ncc([C@H]3CCC[C@@H](CC4CC4)[C@H](CO)N3)nc2n1C. The monoisotopic (exact) mass is 428 g/mol. The summed E-state index contributed by atoms with van der Waals surface area (Å²) in [4.78, 5) is 9.87. The van der Waals surface area contributed by atoms with E-state index in [4.69, 9.17) is 14.7 Å². The van der Waals surface area contributed by atoms with Crippen LogP contribution in [0.15, 0.2) is 12.3 Å². The van der Waals surface area contributed by atoms with Gasteiger partial charge in [0.25, 0.3) is 0 Å². The minimum absolute atomic E-state index is 0.0361. The topological polar surface area (TPSA) is 72.2 Å². The number of ether oxygens (including phenoxy) is 1. The van der Waals surface area contributed by atoms with Gasteiger partial charge < -0.3 is 19.7 Å². The number of hydrogen-bond acceptors (Lipinski definition) is 5. The quantitative estimate of drug-likeness (QED) is 0.584. The highest BCUT2D eigenvalue weighted by Crippen LogP contribution is 2.40. The molecule has 2 N–H and O–H groups in total. The summed E-state index contributed by atoms with van der Waals surface area (Å²) < 4.78 is 7.47. The molecule has 1 saturated carbocycles. The Labute approximate surface area is 186 Å². The van der Waals surface area contributed by atoms with Crippen LogP contribution in [0.2, 0.25) is 0 Å². The van der Waals surface area contributed by atoms with E-state index in [2.05, 4.69) is 36.8 Å². The van der Waals surface area contributed by atoms with Crippen molar-refractivity contribution in [1.29, 1.82) is 0 Å². The molecule has 2 aliphatic rings. The van der Waals surface area contributed by atoms with Gasteiger partial charge in [-0.1, -0.05) is 33.1 Å². The number of nitrogens with one attached hydrogen (secondary N) is 1. The van der Waals surface area contributed by atoms with E-state index in [0.717, 1.165) is 48.6 Å². The summed E-state index contributed by atoms with van der Waals surface area (Å²) in [6, 6.07) is 2.52. The van der Waals surface area contributed by atoms with E-state index in [1.807, 2.05) is 6.20 Å². The Morgan fingerprint density at radius 1 is 1.26 bits per heavy atom. The van der Waals surface area contributed by atoms with Gasteiger partial charge in [-0.05, 0) is 50.0 Å². The van der Waals surface area contributed by atoms with Crippen molar-refractivity contribution in [3.8, 4) is 0 Å². The number of aliphatic hydroxyl groups excluding tert-OH is 1. The van der Waals surface area contributed by atoms with Crippen LogP contribution in [0.3, 0.4) is 0 Å². The largest absolute Gasteiger partial charge is 0.395 e. The van der Waals surface area contributed by atoms with Crippen molar-refractivity contribution in [2.24, 2.45) is 18.9 Å². The second-order valence-corrected chi connectivity index (χ2v) is 10.5. The van der Waals surface area contributed by atoms with Gasteiger partial charge in [-0.2, -0.15) is 0 Å². The van der Waals surface area contributed by atoms with E-state index in [9.17, 15) is 5.11 Å². The summed E-state index contributed by atoms with van der Waals surface area (Å²) in [5, 5.41) is 13.8. The summed E-state index contributed by atoms with van der Waals surface area (Å²) in [6.45, 7) is 5.57. The summed E-state index contributed by atoms with van der Waals surface area (Å²) in [5.41, 5.74) is 4.22. The van der Waals surface area contributed by atoms with E-state index in [0.29, 0.717) is 5.92 Å². The number of methoxy groups -OCH3 is 1. The smallest absolute Gasteiger partial charge is 0.158 e. The summed E-state index contributed by atoms with van der Waals surface area (Å²) in [7, 11) is 3.87. The number of hydrogen-bond donors (Lipinski definition) is 2. The molecule has 1 aliphatic heterocycles. The van der Waals surface area contributed by atoms with E-state index < -0.39 is 0 Å². The van der Waals surface area contributed by atoms with Crippen molar-refractivity contribution in [3.05, 3.63) is 23.7 Å². The third-order valence-corrected chi connectivity index (χ3v) is 7.53. The zero-order chi connectivity index (χ0) is 22.0. The Hall–Kier alpha value is -1.50. The van der Waals surface area contributed by atoms with Crippen LogP contribution < -0.4 is 5.32 Å². The lowest BCUT2D eigenvalue weighted by molar-refractivity contribution is 0.183. The minimum atomic E-state index is 0.0361. The van der Waals surface area contributed by atoms with Crippen LogP contribution in [0.4, 0.5) is 0 Å². The van der Waals surface area contributed by atoms with E-state index >= 15 is 0 Å². The average molecular weight is 429 g/mol. The van der Waals surface area contributed by atoms with Crippen LogP contribution in [-0.2, 0) is 17.2 Å². The van der Waals surface area contributed by atoms with Gasteiger partial charge in [-0.25, -0.2) is 4.98 Å². The lowest BCUT2D eigenvalue weighted by atomic mass is 9.84. The van der Waals surface area contributed by atoms with Crippen molar-refractivity contribution in [2.75, 3.05) is 20.3 Å². The molecule has 0 bridgehead atoms. The van der Waals surface area contributed by atoms with Gasteiger partial charge in [0.15, 0.2) is 5.65 Å². The number of aryl methyl sites for hydroxylation is 1. The maximum Gasteiger partial charge on any atom is 0.158 e. The predicted molar refractivity (Wildman–Crippen MR) is 124 cm³/mol. The molecule has 0 spiro atoms. The fourth-order valence-corrected chi connectivity index (χ4v) is 5.46. The van der Waals surface area contributed by atoms with E-state index in [-0.39, 0.29) is 24.1 Å². The highest BCUT2D eigenvalue weighted by Gasteiger charge is 2.33. The van der Waals surface area contributed by atoms with Crippen molar-refractivity contribution in [3.63, 3.8) is 0 Å². The van der Waals surface area contributed by atoms with Crippen LogP contribution >= 0.6 is 0 Å². The fourth-order valence-electron chi connectivity index (χ4n) is 5.46. The molecule has 31 heavy (non-hydrogen) atoms. The Morgan fingerprint density at radius 3 is 2.77 bits per heavy atom. The van der Waals surface area contributed by atoms with E-state index in [1.54, 1.807) is 7.11 Å². The molecule has 1 saturated heterocycles. The second kappa shape index (κ2) is 9.55. The first-order chi connectivity index (χ1) is 14.9. The van der Waals surface area contributed by atoms with Gasteiger partial charge in [0.1, 0.15) is 5.52 Å². The number of fused-ring (bicyclic) bond motifs is 1. The lowest BCUT2D eigenvalue weighted by Gasteiger charge is -2.27. The highest BCUT2D eigenvalue weighted by molar-refractivity contribution is 5.73. The van der Waals surface area contributed by atoms with Crippen molar-refractivity contribution in [2.45, 2.75) is 82.7 Å². The molecule has 6 heteroatoms. The molecular formula is C25H40N4O2. The molecule has 0 unspecified atom stereocenters. The van der Waals surface area contributed by atoms with E-state index in [1.165, 1.54) is 37.8 Å². The Morgan fingerprint density at radius 2 is 2.06 bits per heavy atom. The molecule has 3 heterocycles. The Kier molecular flexibility index (Phi) is 6.99. The van der Waals surface area contributed by atoms with Gasteiger partial charge >= 0.3 is 0 Å². The van der Waals surface area contributed by atoms with Crippen LogP contribution in [0, 0.1) is 11.8 Å². The third-order valence-electron chi connectivity index (χ3n) is 7.53. The lowest BCUT2D eigenvalue weighted by Crippen LogP contribution is -2.40. The zero-order valence-electron chi connectivity index (χ0n) is 19.7. The number of aromatic nitrogens is 3. The van der Waals surface area contributed by atoms with Crippen LogP contribution in [-0.4, -0.2) is 46.0 Å². The molecule has 172 valence electrons. The molecule has 2 aromatic rings. The molecular weight excluding hydrogens is 388 g/mol. The predicted octanol–water partition coefficient (Wildman–Crippen LogP) is 4.26. The molecule has 0 amide bonds. The van der Waals surface area contributed by atoms with Gasteiger partial charge in [-0.15, -0.1) is 0 Å². The first kappa shape index (κ1) is 22.7. The highest BCUT2D eigenvalue weighted by atomic mass is 16.5. The van der Waals surface area contributed by atoms with Crippen LogP contribution in [0.1, 0.15) is 82.6 Å². The minimum Gasteiger partial charge on any atom is -0.395 e. The Bertz CT molecular complexity index is 874. The summed E-state index contributed by atoms with van der Waals surface area (Å²) >= 11 is 0. The molecule has 3 atom stereocenters. The van der Waals surface area contributed by atoms with Gasteiger partial charge in [0.05, 0.1) is 24.5 Å². The summed E-state index contributed by atoms with van der Waals surface area (Å²) in [6.07, 6.45) is 11.5. The third kappa shape index (κ3) is 5.12. The molecule has 2 aromatic heterocycles.